The number of alkyl carbamates (subject to hydrolysis) is 1. The molecule has 21 heavy (non-hydrogen) atoms. The first-order valence-corrected chi connectivity index (χ1v) is 7.46. The van der Waals surface area contributed by atoms with E-state index in [0.717, 1.165) is 4.90 Å². The first-order chi connectivity index (χ1) is 9.78. The molecule has 118 valence electrons. The van der Waals surface area contributed by atoms with E-state index in [0.29, 0.717) is 11.7 Å². The molecule has 1 amide bonds. The van der Waals surface area contributed by atoms with Crippen LogP contribution >= 0.6 is 11.8 Å². The quantitative estimate of drug-likeness (QED) is 0.631. The number of amides is 1. The zero-order valence-electron chi connectivity index (χ0n) is 11.9. The smallest absolute Gasteiger partial charge is 0.422 e. The summed E-state index contributed by atoms with van der Waals surface area (Å²) in [4.78, 5) is 12.0. The highest BCUT2D eigenvalue weighted by Gasteiger charge is 2.29. The molecule has 0 aromatic heterocycles. The lowest BCUT2D eigenvalue weighted by Gasteiger charge is -2.09. The minimum Gasteiger partial charge on any atom is -0.440 e. The van der Waals surface area contributed by atoms with Crippen LogP contribution in [0.15, 0.2) is 29.2 Å². The van der Waals surface area contributed by atoms with Crippen molar-refractivity contribution in [3.63, 3.8) is 0 Å². The maximum Gasteiger partial charge on any atom is 0.422 e. The van der Waals surface area contributed by atoms with Crippen molar-refractivity contribution in [3.8, 4) is 0 Å². The number of halogens is 3. The predicted molar refractivity (Wildman–Crippen MR) is 76.7 cm³/mol. The van der Waals surface area contributed by atoms with Crippen molar-refractivity contribution in [1.29, 1.82) is 0 Å². The van der Waals surface area contributed by atoms with Crippen LogP contribution in [0.5, 0.6) is 0 Å². The van der Waals surface area contributed by atoms with E-state index in [9.17, 15) is 18.0 Å². The van der Waals surface area contributed by atoms with E-state index in [4.69, 9.17) is 0 Å². The van der Waals surface area contributed by atoms with Crippen molar-refractivity contribution in [3.05, 3.63) is 29.8 Å². The number of hydrogen-bond acceptors (Lipinski definition) is 3. The molecule has 0 aliphatic carbocycles. The summed E-state index contributed by atoms with van der Waals surface area (Å²) in [5.74, 6) is 1.02. The molecule has 0 saturated carbocycles. The molecule has 1 rings (SSSR count). The summed E-state index contributed by atoms with van der Waals surface area (Å²) in [7, 11) is 0. The van der Waals surface area contributed by atoms with Gasteiger partial charge in [-0.1, -0.05) is 26.0 Å². The van der Waals surface area contributed by atoms with Crippen LogP contribution < -0.4 is 5.32 Å². The van der Waals surface area contributed by atoms with E-state index < -0.39 is 18.9 Å². The van der Waals surface area contributed by atoms with Crippen LogP contribution in [0.4, 0.5) is 18.0 Å². The molecule has 0 saturated heterocycles. The molecule has 0 aliphatic heterocycles. The molecule has 0 aliphatic rings. The number of carbonyl (C=O) groups is 1. The second-order valence-electron chi connectivity index (χ2n) is 4.69. The van der Waals surface area contributed by atoms with E-state index in [2.05, 4.69) is 23.9 Å². The van der Waals surface area contributed by atoms with Crippen molar-refractivity contribution in [1.82, 2.24) is 5.32 Å². The molecular formula is C14H18F3NO2S. The van der Waals surface area contributed by atoms with Gasteiger partial charge in [0, 0.05) is 17.2 Å². The summed E-state index contributed by atoms with van der Waals surface area (Å²) in [6.07, 6.45) is -5.55. The molecule has 1 N–H and O–H groups in total. The Morgan fingerprint density at radius 3 is 2.43 bits per heavy atom. The minimum absolute atomic E-state index is 0.243. The number of nitrogens with one attached hydrogen (secondary N) is 1. The van der Waals surface area contributed by atoms with Crippen molar-refractivity contribution < 1.29 is 22.7 Å². The average Bonchev–Trinajstić information content (AvgIpc) is 2.41. The van der Waals surface area contributed by atoms with Crippen molar-refractivity contribution in [2.24, 2.45) is 0 Å². The Kier molecular flexibility index (Phi) is 6.87. The van der Waals surface area contributed by atoms with E-state index in [1.807, 2.05) is 24.3 Å². The van der Waals surface area contributed by atoms with Gasteiger partial charge in [0.25, 0.3) is 0 Å². The molecule has 1 aromatic rings. The fraction of sp³-hybridized carbons (Fsp3) is 0.500. The number of ether oxygens (including phenoxy) is 1. The molecule has 0 bridgehead atoms. The Morgan fingerprint density at radius 1 is 1.29 bits per heavy atom. The largest absolute Gasteiger partial charge is 0.440 e. The molecule has 0 heterocycles. The van der Waals surface area contributed by atoms with E-state index in [1.54, 1.807) is 0 Å². The van der Waals surface area contributed by atoms with Gasteiger partial charge in [-0.25, -0.2) is 4.79 Å². The molecule has 3 nitrogen and oxygen atoms in total. The van der Waals surface area contributed by atoms with Crippen LogP contribution in [-0.4, -0.2) is 31.2 Å². The van der Waals surface area contributed by atoms with Crippen LogP contribution in [0, 0.1) is 0 Å². The molecular weight excluding hydrogens is 303 g/mol. The molecule has 0 radical (unpaired) electrons. The second-order valence-corrected chi connectivity index (χ2v) is 5.86. The highest BCUT2D eigenvalue weighted by Crippen LogP contribution is 2.21. The lowest BCUT2D eigenvalue weighted by atomic mass is 10.0. The van der Waals surface area contributed by atoms with Crippen LogP contribution in [0.25, 0.3) is 0 Å². The van der Waals surface area contributed by atoms with E-state index in [1.165, 1.54) is 17.3 Å². The van der Waals surface area contributed by atoms with Crippen molar-refractivity contribution in [2.45, 2.75) is 30.8 Å². The molecule has 0 unspecified atom stereocenters. The Bertz CT molecular complexity index is 447. The first kappa shape index (κ1) is 17.7. The Morgan fingerprint density at radius 2 is 1.90 bits per heavy atom. The third kappa shape index (κ3) is 7.84. The SMILES string of the molecule is CC(C)c1ccc(SCCNC(=O)OCC(F)(F)F)cc1. The zero-order valence-corrected chi connectivity index (χ0v) is 12.7. The highest BCUT2D eigenvalue weighted by molar-refractivity contribution is 7.99. The fourth-order valence-corrected chi connectivity index (χ4v) is 2.24. The predicted octanol–water partition coefficient (Wildman–Crippen LogP) is 4.19. The Balaban J connectivity index is 2.20. The van der Waals surface area contributed by atoms with Gasteiger partial charge in [0.1, 0.15) is 0 Å². The summed E-state index contributed by atoms with van der Waals surface area (Å²) < 4.78 is 39.4. The molecule has 0 fully saturated rings. The number of benzene rings is 1. The molecule has 7 heteroatoms. The van der Waals surface area contributed by atoms with Gasteiger partial charge < -0.3 is 10.1 Å². The van der Waals surface area contributed by atoms with Crippen LogP contribution in [0.3, 0.4) is 0 Å². The molecule has 1 aromatic carbocycles. The van der Waals surface area contributed by atoms with Crippen molar-refractivity contribution >= 4 is 17.9 Å². The minimum atomic E-state index is -4.50. The van der Waals surface area contributed by atoms with Crippen LogP contribution in [0.1, 0.15) is 25.3 Å². The van der Waals surface area contributed by atoms with E-state index >= 15 is 0 Å². The summed E-state index contributed by atoms with van der Waals surface area (Å²) >= 11 is 1.51. The first-order valence-electron chi connectivity index (χ1n) is 6.48. The number of thioether (sulfide) groups is 1. The summed E-state index contributed by atoms with van der Waals surface area (Å²) in [5, 5.41) is 2.27. The second kappa shape index (κ2) is 8.17. The Hall–Kier alpha value is -1.37. The van der Waals surface area contributed by atoms with Gasteiger partial charge in [-0.2, -0.15) is 13.2 Å². The van der Waals surface area contributed by atoms with Crippen molar-refractivity contribution in [2.75, 3.05) is 18.9 Å². The van der Waals surface area contributed by atoms with Gasteiger partial charge in [-0.3, -0.25) is 0 Å². The van der Waals surface area contributed by atoms with Crippen LogP contribution in [-0.2, 0) is 4.74 Å². The van der Waals surface area contributed by atoms with Gasteiger partial charge in [0.2, 0.25) is 0 Å². The lowest BCUT2D eigenvalue weighted by molar-refractivity contribution is -0.160. The fourth-order valence-electron chi connectivity index (χ4n) is 1.47. The summed E-state index contributed by atoms with van der Waals surface area (Å²) in [5.41, 5.74) is 1.24. The number of rotatable bonds is 6. The Labute approximate surface area is 126 Å². The van der Waals surface area contributed by atoms with Gasteiger partial charge in [-0.15, -0.1) is 11.8 Å². The van der Waals surface area contributed by atoms with Crippen LogP contribution in [0.2, 0.25) is 0 Å². The van der Waals surface area contributed by atoms with Gasteiger partial charge in [0.15, 0.2) is 6.61 Å². The summed E-state index contributed by atoms with van der Waals surface area (Å²) in [6, 6.07) is 8.06. The monoisotopic (exact) mass is 321 g/mol. The number of hydrogen-bond donors (Lipinski definition) is 1. The molecule has 0 spiro atoms. The standard InChI is InChI=1S/C14H18F3NO2S/c1-10(2)11-3-5-12(6-4-11)21-8-7-18-13(19)20-9-14(15,16)17/h3-6,10H,7-9H2,1-2H3,(H,18,19). The number of carbonyl (C=O) groups excluding carboxylic acids is 1. The maximum atomic E-state index is 11.8. The average molecular weight is 321 g/mol. The maximum absolute atomic E-state index is 11.8. The lowest BCUT2D eigenvalue weighted by Crippen LogP contribution is -2.30. The molecule has 0 atom stereocenters. The van der Waals surface area contributed by atoms with Gasteiger partial charge >= 0.3 is 12.3 Å². The number of alkyl halides is 3. The zero-order chi connectivity index (χ0) is 15.9. The van der Waals surface area contributed by atoms with E-state index in [-0.39, 0.29) is 6.54 Å². The third-order valence-corrected chi connectivity index (χ3v) is 3.57. The normalized spacial score (nSPS) is 11.5. The van der Waals surface area contributed by atoms with Gasteiger partial charge in [-0.05, 0) is 23.6 Å². The highest BCUT2D eigenvalue weighted by atomic mass is 32.2. The third-order valence-electron chi connectivity index (χ3n) is 2.55. The van der Waals surface area contributed by atoms with Gasteiger partial charge in [0.05, 0.1) is 0 Å². The topological polar surface area (TPSA) is 38.3 Å². The summed E-state index contributed by atoms with van der Waals surface area (Å²) in [6.45, 7) is 2.90.